The fourth-order valence-electron chi connectivity index (χ4n) is 3.99. The highest BCUT2D eigenvalue weighted by molar-refractivity contribution is 7.99. The molecule has 0 atom stereocenters. The van der Waals surface area contributed by atoms with Crippen molar-refractivity contribution in [2.75, 3.05) is 5.75 Å². The summed E-state index contributed by atoms with van der Waals surface area (Å²) in [6.45, 7) is 3.42. The van der Waals surface area contributed by atoms with E-state index in [1.54, 1.807) is 21.1 Å². The second-order valence-corrected chi connectivity index (χ2v) is 9.14. The molecule has 0 radical (unpaired) electrons. The Labute approximate surface area is 200 Å². The maximum Gasteiger partial charge on any atom is 0.262 e. The standard InChI is InChI=1S/C24H26N8OS/c1-2-15-30-22(33)19-13-7-8-14-20(19)32-23(30)26-27-24(32)34-17-10-4-9-16-31-28-21(25-29-31)18-11-5-3-6-12-18/h3,5-8,11-14H,2,4,9-10,15-17H2,1H3. The highest BCUT2D eigenvalue weighted by Gasteiger charge is 2.16. The van der Waals surface area contributed by atoms with Gasteiger partial charge in [0.1, 0.15) is 0 Å². The molecule has 0 saturated carbocycles. The molecule has 0 aliphatic carbocycles. The zero-order valence-corrected chi connectivity index (χ0v) is 19.9. The second kappa shape index (κ2) is 10.2. The molecular formula is C24H26N8OS. The van der Waals surface area contributed by atoms with E-state index in [4.69, 9.17) is 0 Å². The average Bonchev–Trinajstić information content (AvgIpc) is 3.52. The first kappa shape index (κ1) is 22.3. The summed E-state index contributed by atoms with van der Waals surface area (Å²) in [5.41, 5.74) is 1.82. The van der Waals surface area contributed by atoms with Crippen molar-refractivity contribution in [3.63, 3.8) is 0 Å². The van der Waals surface area contributed by atoms with E-state index in [0.29, 0.717) is 23.5 Å². The van der Waals surface area contributed by atoms with Crippen LogP contribution in [0.15, 0.2) is 64.5 Å². The first-order chi connectivity index (χ1) is 16.8. The van der Waals surface area contributed by atoms with Gasteiger partial charge in [-0.3, -0.25) is 13.8 Å². The fraction of sp³-hybridized carbons (Fsp3) is 0.333. The molecule has 5 rings (SSSR count). The molecule has 10 heteroatoms. The van der Waals surface area contributed by atoms with Gasteiger partial charge in [0, 0.05) is 17.9 Å². The number of fused-ring (bicyclic) bond motifs is 3. The molecule has 3 aromatic heterocycles. The minimum Gasteiger partial charge on any atom is -0.276 e. The van der Waals surface area contributed by atoms with Gasteiger partial charge in [-0.1, -0.05) is 67.6 Å². The molecule has 5 aromatic rings. The Hall–Kier alpha value is -3.53. The number of hydrogen-bond acceptors (Lipinski definition) is 7. The van der Waals surface area contributed by atoms with Crippen LogP contribution in [0.1, 0.15) is 32.6 Å². The Kier molecular flexibility index (Phi) is 6.66. The predicted octanol–water partition coefficient (Wildman–Crippen LogP) is 4.07. The van der Waals surface area contributed by atoms with Gasteiger partial charge in [-0.25, -0.2) is 0 Å². The van der Waals surface area contributed by atoms with Gasteiger partial charge in [0.05, 0.1) is 17.4 Å². The minimum absolute atomic E-state index is 0.00829. The van der Waals surface area contributed by atoms with E-state index in [1.807, 2.05) is 59.0 Å². The van der Waals surface area contributed by atoms with Crippen molar-refractivity contribution in [2.45, 2.75) is 50.9 Å². The van der Waals surface area contributed by atoms with Gasteiger partial charge in [0.2, 0.25) is 11.6 Å². The Morgan fingerprint density at radius 2 is 1.71 bits per heavy atom. The van der Waals surface area contributed by atoms with E-state index in [1.165, 1.54) is 0 Å². The summed E-state index contributed by atoms with van der Waals surface area (Å²) in [6.07, 6.45) is 3.92. The summed E-state index contributed by atoms with van der Waals surface area (Å²) in [6, 6.07) is 17.6. The van der Waals surface area contributed by atoms with Crippen molar-refractivity contribution < 1.29 is 0 Å². The highest BCUT2D eigenvalue weighted by atomic mass is 32.2. The number of thioether (sulfide) groups is 1. The van der Waals surface area contributed by atoms with Crippen LogP contribution in [0.25, 0.3) is 28.1 Å². The summed E-state index contributed by atoms with van der Waals surface area (Å²) >= 11 is 1.68. The normalized spacial score (nSPS) is 11.6. The maximum atomic E-state index is 12.9. The SMILES string of the molecule is CCCn1c(=O)c2ccccc2n2c(SCCCCCn3nnc(-c4ccccc4)n3)nnc12. The van der Waals surface area contributed by atoms with Crippen LogP contribution in [0.3, 0.4) is 0 Å². The lowest BCUT2D eigenvalue weighted by molar-refractivity contribution is 0.487. The van der Waals surface area contributed by atoms with E-state index in [0.717, 1.165) is 54.2 Å². The number of aryl methyl sites for hydroxylation is 2. The van der Waals surface area contributed by atoms with Crippen LogP contribution >= 0.6 is 11.8 Å². The van der Waals surface area contributed by atoms with Crippen molar-refractivity contribution in [3.05, 3.63) is 65.0 Å². The number of para-hydroxylation sites is 1. The molecule has 0 fully saturated rings. The van der Waals surface area contributed by atoms with Crippen LogP contribution in [0.2, 0.25) is 0 Å². The Balaban J connectivity index is 1.20. The highest BCUT2D eigenvalue weighted by Crippen LogP contribution is 2.23. The first-order valence-corrected chi connectivity index (χ1v) is 12.6. The van der Waals surface area contributed by atoms with Gasteiger partial charge in [-0.05, 0) is 36.6 Å². The summed E-state index contributed by atoms with van der Waals surface area (Å²) in [7, 11) is 0. The molecular weight excluding hydrogens is 448 g/mol. The van der Waals surface area contributed by atoms with Gasteiger partial charge in [-0.15, -0.1) is 20.4 Å². The summed E-state index contributed by atoms with van der Waals surface area (Å²) in [5, 5.41) is 23.1. The zero-order chi connectivity index (χ0) is 23.3. The van der Waals surface area contributed by atoms with Gasteiger partial charge >= 0.3 is 0 Å². The van der Waals surface area contributed by atoms with Crippen molar-refractivity contribution in [2.24, 2.45) is 0 Å². The Morgan fingerprint density at radius 1 is 0.882 bits per heavy atom. The number of benzene rings is 2. The van der Waals surface area contributed by atoms with Crippen molar-refractivity contribution in [1.82, 2.24) is 39.4 Å². The molecule has 0 N–H and O–H groups in total. The molecule has 9 nitrogen and oxygen atoms in total. The molecule has 0 amide bonds. The number of rotatable bonds is 10. The third-order valence-corrected chi connectivity index (χ3v) is 6.66. The average molecular weight is 475 g/mol. The van der Waals surface area contributed by atoms with E-state index < -0.39 is 0 Å². The topological polar surface area (TPSA) is 95.8 Å². The Bertz CT molecular complexity index is 1460. The monoisotopic (exact) mass is 474 g/mol. The quantitative estimate of drug-likeness (QED) is 0.222. The van der Waals surface area contributed by atoms with Gasteiger partial charge < -0.3 is 0 Å². The summed E-state index contributed by atoms with van der Waals surface area (Å²) < 4.78 is 3.75. The molecule has 0 saturated heterocycles. The van der Waals surface area contributed by atoms with Crippen LogP contribution in [0, 0.1) is 0 Å². The third-order valence-electron chi connectivity index (χ3n) is 5.64. The van der Waals surface area contributed by atoms with Crippen LogP contribution in [0.5, 0.6) is 0 Å². The fourth-order valence-corrected chi connectivity index (χ4v) is 4.93. The molecule has 0 bridgehead atoms. The Morgan fingerprint density at radius 3 is 2.56 bits per heavy atom. The molecule has 34 heavy (non-hydrogen) atoms. The minimum atomic E-state index is -0.00829. The summed E-state index contributed by atoms with van der Waals surface area (Å²) in [4.78, 5) is 14.6. The van der Waals surface area contributed by atoms with E-state index >= 15 is 0 Å². The van der Waals surface area contributed by atoms with Crippen molar-refractivity contribution >= 4 is 28.4 Å². The molecule has 174 valence electrons. The van der Waals surface area contributed by atoms with Crippen molar-refractivity contribution in [3.8, 4) is 11.4 Å². The van der Waals surface area contributed by atoms with Crippen LogP contribution in [-0.4, -0.2) is 45.1 Å². The maximum absolute atomic E-state index is 12.9. The first-order valence-electron chi connectivity index (χ1n) is 11.6. The molecule has 0 aliphatic heterocycles. The molecule has 0 spiro atoms. The van der Waals surface area contributed by atoms with Gasteiger partial charge in [-0.2, -0.15) is 4.80 Å². The number of nitrogens with zero attached hydrogens (tertiary/aromatic N) is 8. The van der Waals surface area contributed by atoms with Gasteiger partial charge in [0.25, 0.3) is 5.56 Å². The van der Waals surface area contributed by atoms with E-state index in [-0.39, 0.29) is 5.56 Å². The lowest BCUT2D eigenvalue weighted by atomic mass is 10.2. The number of unbranched alkanes of at least 4 members (excludes halogenated alkanes) is 2. The predicted molar refractivity (Wildman–Crippen MR) is 133 cm³/mol. The second-order valence-electron chi connectivity index (χ2n) is 8.08. The van der Waals surface area contributed by atoms with Crippen LogP contribution in [0.4, 0.5) is 0 Å². The van der Waals surface area contributed by atoms with Gasteiger partial charge in [0.15, 0.2) is 5.16 Å². The van der Waals surface area contributed by atoms with E-state index in [2.05, 4.69) is 32.5 Å². The smallest absolute Gasteiger partial charge is 0.262 e. The van der Waals surface area contributed by atoms with Crippen molar-refractivity contribution in [1.29, 1.82) is 0 Å². The molecule has 0 unspecified atom stereocenters. The number of aromatic nitrogens is 8. The third kappa shape index (κ3) is 4.45. The molecule has 3 heterocycles. The largest absolute Gasteiger partial charge is 0.276 e. The zero-order valence-electron chi connectivity index (χ0n) is 19.0. The van der Waals surface area contributed by atoms with Crippen LogP contribution in [-0.2, 0) is 13.1 Å². The summed E-state index contributed by atoms with van der Waals surface area (Å²) in [5.74, 6) is 2.19. The number of tetrazole rings is 1. The van der Waals surface area contributed by atoms with E-state index in [9.17, 15) is 4.79 Å². The lowest BCUT2D eigenvalue weighted by Gasteiger charge is -2.10. The number of hydrogen-bond donors (Lipinski definition) is 0. The lowest BCUT2D eigenvalue weighted by Crippen LogP contribution is -2.23. The molecule has 0 aliphatic rings. The molecule has 2 aromatic carbocycles. The van der Waals surface area contributed by atoms with Crippen LogP contribution < -0.4 is 5.56 Å².